The summed E-state index contributed by atoms with van der Waals surface area (Å²) in [6, 6.07) is 10.2. The van der Waals surface area contributed by atoms with Crippen molar-refractivity contribution in [1.29, 1.82) is 0 Å². The molecular weight excluding hydrogens is 328 g/mol. The molecule has 3 aromatic heterocycles. The molecule has 0 aromatic carbocycles. The lowest BCUT2D eigenvalue weighted by Crippen LogP contribution is -2.15. The van der Waals surface area contributed by atoms with E-state index < -0.39 is 0 Å². The summed E-state index contributed by atoms with van der Waals surface area (Å²) in [6.45, 7) is 1.78. The first-order chi connectivity index (χ1) is 11.6. The Hall–Kier alpha value is -2.99. The van der Waals surface area contributed by atoms with Crippen molar-refractivity contribution < 1.29 is 9.53 Å². The smallest absolute Gasteiger partial charge is 0.275 e. The largest absolute Gasteiger partial charge is 0.456 e. The number of hydrogen-bond donors (Lipinski definition) is 1. The van der Waals surface area contributed by atoms with Crippen molar-refractivity contribution in [1.82, 2.24) is 15.0 Å². The monoisotopic (exact) mass is 340 g/mol. The second-order valence-electron chi connectivity index (χ2n) is 4.94. The summed E-state index contributed by atoms with van der Waals surface area (Å²) in [5, 5.41) is 3.15. The van der Waals surface area contributed by atoms with Crippen LogP contribution in [0.25, 0.3) is 0 Å². The quantitative estimate of drug-likeness (QED) is 0.780. The van der Waals surface area contributed by atoms with Gasteiger partial charge in [-0.2, -0.15) is 0 Å². The second-order valence-corrected chi connectivity index (χ2v) is 5.38. The van der Waals surface area contributed by atoms with Crippen LogP contribution in [0.15, 0.2) is 55.0 Å². The SMILES string of the molecule is Cc1cc(Oc2cncc(Cl)c2)cc(C(=O)Nc2ccccn2)n1. The standard InChI is InChI=1S/C17H13ClN4O2/c1-11-6-13(24-14-7-12(18)9-19-10-14)8-15(21-11)17(23)22-16-4-2-3-5-20-16/h2-10H,1H3,(H,20,22,23). The number of aryl methyl sites for hydroxylation is 1. The summed E-state index contributed by atoms with van der Waals surface area (Å²) in [4.78, 5) is 24.6. The highest BCUT2D eigenvalue weighted by molar-refractivity contribution is 6.30. The van der Waals surface area contributed by atoms with Crippen LogP contribution in [0, 0.1) is 6.92 Å². The van der Waals surface area contributed by atoms with E-state index in [9.17, 15) is 4.79 Å². The molecule has 120 valence electrons. The first-order valence-electron chi connectivity index (χ1n) is 7.09. The van der Waals surface area contributed by atoms with Gasteiger partial charge in [-0.3, -0.25) is 9.78 Å². The van der Waals surface area contributed by atoms with Gasteiger partial charge in [0.25, 0.3) is 5.91 Å². The van der Waals surface area contributed by atoms with Crippen molar-refractivity contribution in [3.8, 4) is 11.5 Å². The summed E-state index contributed by atoms with van der Waals surface area (Å²) in [5.41, 5.74) is 0.874. The maximum Gasteiger partial charge on any atom is 0.275 e. The number of nitrogens with zero attached hydrogens (tertiary/aromatic N) is 3. The third-order valence-electron chi connectivity index (χ3n) is 2.98. The number of hydrogen-bond acceptors (Lipinski definition) is 5. The third-order valence-corrected chi connectivity index (χ3v) is 3.19. The third kappa shape index (κ3) is 4.05. The Morgan fingerprint density at radius 1 is 1.17 bits per heavy atom. The number of halogens is 1. The molecule has 0 unspecified atom stereocenters. The van der Waals surface area contributed by atoms with E-state index in [1.165, 1.54) is 12.4 Å². The molecule has 7 heteroatoms. The second kappa shape index (κ2) is 7.06. The molecule has 0 aliphatic carbocycles. The zero-order valence-corrected chi connectivity index (χ0v) is 13.5. The molecule has 0 spiro atoms. The van der Waals surface area contributed by atoms with Crippen molar-refractivity contribution in [3.63, 3.8) is 0 Å². The number of carbonyl (C=O) groups excluding carboxylic acids is 1. The van der Waals surface area contributed by atoms with E-state index in [-0.39, 0.29) is 11.6 Å². The molecule has 0 aliphatic rings. The van der Waals surface area contributed by atoms with E-state index in [1.807, 2.05) is 0 Å². The van der Waals surface area contributed by atoms with E-state index >= 15 is 0 Å². The fraction of sp³-hybridized carbons (Fsp3) is 0.0588. The number of anilines is 1. The van der Waals surface area contributed by atoms with E-state index in [1.54, 1.807) is 49.5 Å². The van der Waals surface area contributed by atoms with Crippen LogP contribution in [-0.2, 0) is 0 Å². The molecule has 3 rings (SSSR count). The summed E-state index contributed by atoms with van der Waals surface area (Å²) < 4.78 is 5.70. The number of aromatic nitrogens is 3. The fourth-order valence-corrected chi connectivity index (χ4v) is 2.18. The molecular formula is C17H13ClN4O2. The minimum absolute atomic E-state index is 0.227. The number of rotatable bonds is 4. The van der Waals surface area contributed by atoms with Crippen LogP contribution in [-0.4, -0.2) is 20.9 Å². The lowest BCUT2D eigenvalue weighted by molar-refractivity contribution is 0.102. The molecule has 1 amide bonds. The van der Waals surface area contributed by atoms with Gasteiger partial charge in [-0.25, -0.2) is 9.97 Å². The van der Waals surface area contributed by atoms with Gasteiger partial charge in [0, 0.05) is 36.3 Å². The molecule has 24 heavy (non-hydrogen) atoms. The first-order valence-corrected chi connectivity index (χ1v) is 7.47. The maximum atomic E-state index is 12.3. The van der Waals surface area contributed by atoms with Crippen molar-refractivity contribution in [2.24, 2.45) is 0 Å². The van der Waals surface area contributed by atoms with Gasteiger partial charge in [0.15, 0.2) is 0 Å². The van der Waals surface area contributed by atoms with Gasteiger partial charge in [-0.1, -0.05) is 17.7 Å². The number of nitrogens with one attached hydrogen (secondary N) is 1. The molecule has 3 heterocycles. The van der Waals surface area contributed by atoms with E-state index in [4.69, 9.17) is 16.3 Å². The summed E-state index contributed by atoms with van der Waals surface area (Å²) >= 11 is 5.89. The molecule has 0 aliphatic heterocycles. The summed E-state index contributed by atoms with van der Waals surface area (Å²) in [6.07, 6.45) is 4.65. The van der Waals surface area contributed by atoms with E-state index in [0.29, 0.717) is 28.0 Å². The first kappa shape index (κ1) is 15.9. The minimum Gasteiger partial charge on any atom is -0.456 e. The topological polar surface area (TPSA) is 77.0 Å². The zero-order chi connectivity index (χ0) is 16.9. The molecule has 3 aromatic rings. The molecule has 0 radical (unpaired) electrons. The highest BCUT2D eigenvalue weighted by Crippen LogP contribution is 2.24. The van der Waals surface area contributed by atoms with E-state index in [0.717, 1.165) is 0 Å². The highest BCUT2D eigenvalue weighted by Gasteiger charge is 2.11. The van der Waals surface area contributed by atoms with Gasteiger partial charge in [-0.15, -0.1) is 0 Å². The summed E-state index contributed by atoms with van der Waals surface area (Å²) in [5.74, 6) is 1.03. The van der Waals surface area contributed by atoms with Gasteiger partial charge in [0.1, 0.15) is 23.0 Å². The summed E-state index contributed by atoms with van der Waals surface area (Å²) in [7, 11) is 0. The molecule has 0 atom stereocenters. The van der Waals surface area contributed by atoms with Crippen molar-refractivity contribution >= 4 is 23.3 Å². The number of pyridine rings is 3. The van der Waals surface area contributed by atoms with Gasteiger partial charge in [0.05, 0.1) is 11.2 Å². The maximum absolute atomic E-state index is 12.3. The average molecular weight is 341 g/mol. The van der Waals surface area contributed by atoms with Gasteiger partial charge in [-0.05, 0) is 19.1 Å². The van der Waals surface area contributed by atoms with Crippen LogP contribution in [0.3, 0.4) is 0 Å². The Morgan fingerprint density at radius 2 is 2.04 bits per heavy atom. The Bertz CT molecular complexity index is 871. The number of carbonyl (C=O) groups is 1. The average Bonchev–Trinajstić information content (AvgIpc) is 2.55. The Kier molecular flexibility index (Phi) is 4.67. The molecule has 0 fully saturated rings. The normalized spacial score (nSPS) is 10.2. The Labute approximate surface area is 143 Å². The number of ether oxygens (including phenoxy) is 1. The minimum atomic E-state index is -0.369. The van der Waals surface area contributed by atoms with Gasteiger partial charge >= 0.3 is 0 Å². The van der Waals surface area contributed by atoms with Gasteiger partial charge in [0.2, 0.25) is 0 Å². The van der Waals surface area contributed by atoms with Crippen molar-refractivity contribution in [3.05, 3.63) is 71.4 Å². The lowest BCUT2D eigenvalue weighted by Gasteiger charge is -2.09. The predicted molar refractivity (Wildman–Crippen MR) is 90.5 cm³/mol. The molecule has 6 nitrogen and oxygen atoms in total. The van der Waals surface area contributed by atoms with Crippen LogP contribution in [0.1, 0.15) is 16.2 Å². The van der Waals surface area contributed by atoms with Crippen LogP contribution in [0.2, 0.25) is 5.02 Å². The number of amides is 1. The van der Waals surface area contributed by atoms with Crippen LogP contribution in [0.5, 0.6) is 11.5 Å². The molecule has 0 saturated heterocycles. The lowest BCUT2D eigenvalue weighted by atomic mass is 10.2. The zero-order valence-electron chi connectivity index (χ0n) is 12.7. The van der Waals surface area contributed by atoms with Gasteiger partial charge < -0.3 is 10.1 Å². The molecule has 0 bridgehead atoms. The predicted octanol–water partition coefficient (Wildman–Crippen LogP) is 3.88. The fourth-order valence-electron chi connectivity index (χ4n) is 2.01. The van der Waals surface area contributed by atoms with Crippen molar-refractivity contribution in [2.45, 2.75) is 6.92 Å². The molecule has 1 N–H and O–H groups in total. The van der Waals surface area contributed by atoms with E-state index in [2.05, 4.69) is 20.3 Å². The molecule has 0 saturated carbocycles. The highest BCUT2D eigenvalue weighted by atomic mass is 35.5. The van der Waals surface area contributed by atoms with Crippen LogP contribution in [0.4, 0.5) is 5.82 Å². The Morgan fingerprint density at radius 3 is 2.79 bits per heavy atom. The Balaban J connectivity index is 1.82. The van der Waals surface area contributed by atoms with Crippen LogP contribution >= 0.6 is 11.6 Å². The van der Waals surface area contributed by atoms with Crippen LogP contribution < -0.4 is 10.1 Å². The van der Waals surface area contributed by atoms with Crippen molar-refractivity contribution in [2.75, 3.05) is 5.32 Å².